The second-order valence-corrected chi connectivity index (χ2v) is 13.1. The van der Waals surface area contributed by atoms with Crippen molar-refractivity contribution in [1.29, 1.82) is 0 Å². The molecule has 6 aromatic rings. The van der Waals surface area contributed by atoms with E-state index in [1.54, 1.807) is 0 Å². The van der Waals surface area contributed by atoms with Gasteiger partial charge in [-0.25, -0.2) is 0 Å². The highest BCUT2D eigenvalue weighted by Gasteiger charge is 2.16. The maximum Gasteiger partial charge on any atom is -0.0134 e. The van der Waals surface area contributed by atoms with Crippen molar-refractivity contribution in [1.82, 2.24) is 6.15 Å². The molecule has 0 amide bonds. The average Bonchev–Trinajstić information content (AvgIpc) is 3.01. The molecular weight excluding hydrogens is 544 g/mol. The van der Waals surface area contributed by atoms with Crippen LogP contribution in [0.2, 0.25) is 0 Å². The standard InChI is InChI=1S/2C18H15P.ClH.H3N/c2*1-4-10-16(11-5-1)19(17-12-6-2-7-13-17)18-14-8-3-9-15-18;;/h2*1-15H;1H;1H3. The summed E-state index contributed by atoms with van der Waals surface area (Å²) in [5.74, 6) is 0. The number of rotatable bonds is 6. The van der Waals surface area contributed by atoms with Gasteiger partial charge in [-0.2, -0.15) is 0 Å². The van der Waals surface area contributed by atoms with Crippen LogP contribution in [-0.2, 0) is 0 Å². The summed E-state index contributed by atoms with van der Waals surface area (Å²) in [6.07, 6.45) is 0. The van der Waals surface area contributed by atoms with E-state index in [0.29, 0.717) is 0 Å². The lowest BCUT2D eigenvalue weighted by molar-refractivity contribution is 1.74. The Hall–Kier alpha value is -3.57. The molecular formula is C36H34ClNP2. The highest BCUT2D eigenvalue weighted by molar-refractivity contribution is 7.80. The van der Waals surface area contributed by atoms with Crippen LogP contribution in [0.4, 0.5) is 0 Å². The van der Waals surface area contributed by atoms with E-state index in [4.69, 9.17) is 0 Å². The lowest BCUT2D eigenvalue weighted by Gasteiger charge is -2.18. The molecule has 0 fully saturated rings. The lowest BCUT2D eigenvalue weighted by atomic mass is 10.4. The summed E-state index contributed by atoms with van der Waals surface area (Å²) in [4.78, 5) is 0. The van der Waals surface area contributed by atoms with Crippen molar-refractivity contribution in [2.24, 2.45) is 0 Å². The second kappa shape index (κ2) is 16.5. The van der Waals surface area contributed by atoms with Gasteiger partial charge in [0.15, 0.2) is 0 Å². The minimum atomic E-state index is -0.446. The van der Waals surface area contributed by atoms with Gasteiger partial charge in [0.25, 0.3) is 0 Å². The van der Waals surface area contributed by atoms with Crippen molar-refractivity contribution < 1.29 is 0 Å². The van der Waals surface area contributed by atoms with Crippen LogP contribution in [0.25, 0.3) is 0 Å². The Labute approximate surface area is 247 Å². The first-order valence-electron chi connectivity index (χ1n) is 12.8. The SMILES string of the molecule is Cl.N.c1ccc(P(c2ccccc2)c2ccccc2)cc1.c1ccc(P(c2ccccc2)c2ccccc2)cc1. The molecule has 1 nitrogen and oxygen atoms in total. The van der Waals surface area contributed by atoms with Crippen molar-refractivity contribution in [3.05, 3.63) is 182 Å². The quantitative estimate of drug-likeness (QED) is 0.205. The Kier molecular flexibility index (Phi) is 12.8. The highest BCUT2D eigenvalue weighted by Crippen LogP contribution is 2.33. The normalized spacial score (nSPS) is 10.1. The van der Waals surface area contributed by atoms with Crippen molar-refractivity contribution in [2.45, 2.75) is 0 Å². The predicted molar refractivity (Wildman–Crippen MR) is 183 cm³/mol. The minimum absolute atomic E-state index is 0. The van der Waals surface area contributed by atoms with Crippen molar-refractivity contribution in [2.75, 3.05) is 0 Å². The third-order valence-electron chi connectivity index (χ3n) is 6.09. The number of hydrogen-bond acceptors (Lipinski definition) is 1. The van der Waals surface area contributed by atoms with E-state index >= 15 is 0 Å². The molecule has 0 saturated carbocycles. The first-order chi connectivity index (χ1) is 18.9. The smallest absolute Gasteiger partial charge is 0.0134 e. The topological polar surface area (TPSA) is 35.0 Å². The Morgan fingerprint density at radius 1 is 0.225 bits per heavy atom. The van der Waals surface area contributed by atoms with Crippen molar-refractivity contribution in [3.8, 4) is 0 Å². The minimum Gasteiger partial charge on any atom is -0.344 e. The van der Waals surface area contributed by atoms with Gasteiger partial charge in [0.05, 0.1) is 0 Å². The summed E-state index contributed by atoms with van der Waals surface area (Å²) in [7, 11) is -0.892. The van der Waals surface area contributed by atoms with Gasteiger partial charge in [0.2, 0.25) is 0 Å². The van der Waals surface area contributed by atoms with E-state index < -0.39 is 15.8 Å². The van der Waals surface area contributed by atoms with Gasteiger partial charge >= 0.3 is 0 Å². The van der Waals surface area contributed by atoms with Gasteiger partial charge in [-0.05, 0) is 47.7 Å². The molecule has 0 radical (unpaired) electrons. The maximum atomic E-state index is 2.23. The fourth-order valence-electron chi connectivity index (χ4n) is 4.36. The molecule has 0 unspecified atom stereocenters. The van der Waals surface area contributed by atoms with E-state index in [1.165, 1.54) is 31.8 Å². The molecule has 0 aromatic heterocycles. The van der Waals surface area contributed by atoms with Crippen molar-refractivity contribution >= 4 is 60.1 Å². The summed E-state index contributed by atoms with van der Waals surface area (Å²) >= 11 is 0. The molecule has 6 rings (SSSR count). The lowest BCUT2D eigenvalue weighted by Crippen LogP contribution is -2.20. The zero-order chi connectivity index (χ0) is 25.8. The third kappa shape index (κ3) is 8.22. The predicted octanol–water partition coefficient (Wildman–Crippen LogP) is 7.47. The highest BCUT2D eigenvalue weighted by atomic mass is 35.5. The van der Waals surface area contributed by atoms with E-state index in [-0.39, 0.29) is 18.6 Å². The molecule has 3 N–H and O–H groups in total. The Balaban J connectivity index is 0.000000210. The van der Waals surface area contributed by atoms with Crippen LogP contribution in [0.15, 0.2) is 182 Å². The molecule has 40 heavy (non-hydrogen) atoms. The summed E-state index contributed by atoms with van der Waals surface area (Å²) in [6.45, 7) is 0. The fraction of sp³-hybridized carbons (Fsp3) is 0. The number of hydrogen-bond donors (Lipinski definition) is 1. The molecule has 0 bridgehead atoms. The zero-order valence-electron chi connectivity index (χ0n) is 22.3. The molecule has 4 heteroatoms. The summed E-state index contributed by atoms with van der Waals surface area (Å²) in [5.41, 5.74) is 0. The maximum absolute atomic E-state index is 2.23. The number of halogens is 1. The van der Waals surface area contributed by atoms with Crippen molar-refractivity contribution in [3.63, 3.8) is 0 Å². The molecule has 0 heterocycles. The molecule has 0 spiro atoms. The third-order valence-corrected chi connectivity index (χ3v) is 11.0. The van der Waals surface area contributed by atoms with Crippen LogP contribution in [0.3, 0.4) is 0 Å². The Morgan fingerprint density at radius 3 is 0.475 bits per heavy atom. The van der Waals surface area contributed by atoms with E-state index in [2.05, 4.69) is 182 Å². The molecule has 0 aliphatic rings. The number of benzene rings is 6. The van der Waals surface area contributed by atoms with E-state index in [1.807, 2.05) is 0 Å². The largest absolute Gasteiger partial charge is 0.344 e. The first-order valence-corrected chi connectivity index (χ1v) is 15.5. The van der Waals surface area contributed by atoms with Crippen LogP contribution >= 0.6 is 28.3 Å². The molecule has 0 aliphatic heterocycles. The molecule has 0 aliphatic carbocycles. The van der Waals surface area contributed by atoms with Crippen LogP contribution in [0, 0.1) is 0 Å². The second-order valence-electron chi connectivity index (χ2n) is 8.68. The molecule has 200 valence electrons. The fourth-order valence-corrected chi connectivity index (χ4v) is 8.97. The Bertz CT molecular complexity index is 1180. The zero-order valence-corrected chi connectivity index (χ0v) is 24.9. The first kappa shape index (κ1) is 31.0. The summed E-state index contributed by atoms with van der Waals surface area (Å²) in [6, 6.07) is 64.7. The van der Waals surface area contributed by atoms with Gasteiger partial charge in [-0.15, -0.1) is 12.4 Å². The van der Waals surface area contributed by atoms with Crippen LogP contribution in [0.1, 0.15) is 0 Å². The van der Waals surface area contributed by atoms with Gasteiger partial charge in [-0.1, -0.05) is 182 Å². The summed E-state index contributed by atoms with van der Waals surface area (Å²) < 4.78 is 0. The van der Waals surface area contributed by atoms with Gasteiger partial charge in [0, 0.05) is 0 Å². The molecule has 6 aromatic carbocycles. The van der Waals surface area contributed by atoms with E-state index in [0.717, 1.165) is 0 Å². The molecule has 0 saturated heterocycles. The van der Waals surface area contributed by atoms with Gasteiger partial charge < -0.3 is 6.15 Å². The summed E-state index contributed by atoms with van der Waals surface area (Å²) in [5, 5.41) is 8.39. The van der Waals surface area contributed by atoms with Gasteiger partial charge in [0.1, 0.15) is 0 Å². The van der Waals surface area contributed by atoms with Crippen LogP contribution in [-0.4, -0.2) is 0 Å². The van der Waals surface area contributed by atoms with E-state index in [9.17, 15) is 0 Å². The van der Waals surface area contributed by atoms with Crippen LogP contribution in [0.5, 0.6) is 0 Å². The average molecular weight is 578 g/mol. The monoisotopic (exact) mass is 577 g/mol. The van der Waals surface area contributed by atoms with Gasteiger partial charge in [-0.3, -0.25) is 0 Å². The Morgan fingerprint density at radius 2 is 0.350 bits per heavy atom. The van der Waals surface area contributed by atoms with Crippen LogP contribution < -0.4 is 38.0 Å². The molecule has 0 atom stereocenters.